The first kappa shape index (κ1) is 12.3. The summed E-state index contributed by atoms with van der Waals surface area (Å²) in [5, 5.41) is 12.8. The summed E-state index contributed by atoms with van der Waals surface area (Å²) >= 11 is 5.65. The average Bonchev–Trinajstić information content (AvgIpc) is 2.26. The number of nitrogens with two attached hydrogens (primary N) is 1. The Bertz CT molecular complexity index is 424. The second kappa shape index (κ2) is 5.38. The predicted octanol–water partition coefficient (Wildman–Crippen LogP) is 0.332. The van der Waals surface area contributed by atoms with Gasteiger partial charge in [0.15, 0.2) is 0 Å². The van der Waals surface area contributed by atoms with Gasteiger partial charge in [-0.05, 0) is 0 Å². The quantitative estimate of drug-likeness (QED) is 0.450. The maximum Gasteiger partial charge on any atom is 0.288 e. The smallest absolute Gasteiger partial charge is 0.288 e. The highest BCUT2D eigenvalue weighted by Gasteiger charge is 2.16. The van der Waals surface area contributed by atoms with E-state index in [1.54, 1.807) is 0 Å². The van der Waals surface area contributed by atoms with Gasteiger partial charge >= 0.3 is 0 Å². The first-order valence-corrected chi connectivity index (χ1v) is 4.72. The molecule has 16 heavy (non-hydrogen) atoms. The van der Waals surface area contributed by atoms with Crippen molar-refractivity contribution < 1.29 is 9.72 Å². The van der Waals surface area contributed by atoms with Gasteiger partial charge in [-0.1, -0.05) is 11.6 Å². The van der Waals surface area contributed by atoms with Gasteiger partial charge in [0.05, 0.1) is 10.5 Å². The van der Waals surface area contributed by atoms with E-state index in [1.807, 2.05) is 0 Å². The maximum absolute atomic E-state index is 11.5. The van der Waals surface area contributed by atoms with E-state index in [0.29, 0.717) is 0 Å². The molecule has 0 aliphatic heterocycles. The molecule has 1 aromatic rings. The van der Waals surface area contributed by atoms with Gasteiger partial charge in [0.1, 0.15) is 11.3 Å². The number of rotatable bonds is 4. The van der Waals surface area contributed by atoms with Crippen molar-refractivity contribution in [3.8, 4) is 0 Å². The fraction of sp³-hybridized carbons (Fsp3) is 0.250. The Hall–Kier alpha value is -1.73. The molecule has 3 N–H and O–H groups in total. The Kier molecular flexibility index (Phi) is 4.15. The first-order chi connectivity index (χ1) is 7.56. The zero-order valence-corrected chi connectivity index (χ0v) is 8.90. The highest BCUT2D eigenvalue weighted by atomic mass is 35.5. The van der Waals surface area contributed by atoms with Crippen LogP contribution in [0, 0.1) is 10.1 Å². The number of hydrogen-bond acceptors (Lipinski definition) is 5. The summed E-state index contributed by atoms with van der Waals surface area (Å²) in [6.07, 6.45) is 0.988. The number of carbonyl (C=O) groups is 1. The molecule has 0 aromatic carbocycles. The Labute approximate surface area is 95.8 Å². The second-order valence-corrected chi connectivity index (χ2v) is 3.19. The van der Waals surface area contributed by atoms with Crippen LogP contribution in [-0.2, 0) is 0 Å². The van der Waals surface area contributed by atoms with Crippen LogP contribution in [0.1, 0.15) is 10.4 Å². The SMILES string of the molecule is NCCNC(=O)c1cc([N+](=O)[O-])cnc1Cl. The van der Waals surface area contributed by atoms with E-state index < -0.39 is 10.8 Å². The molecule has 0 atom stereocenters. The second-order valence-electron chi connectivity index (χ2n) is 2.83. The molecule has 1 amide bonds. The first-order valence-electron chi connectivity index (χ1n) is 4.34. The summed E-state index contributed by atoms with van der Waals surface area (Å²) in [6, 6.07) is 1.07. The molecule has 0 fully saturated rings. The van der Waals surface area contributed by atoms with Crippen LogP contribution in [0.2, 0.25) is 5.15 Å². The topological polar surface area (TPSA) is 111 Å². The van der Waals surface area contributed by atoms with Crippen LogP contribution in [0.4, 0.5) is 5.69 Å². The molecule has 7 nitrogen and oxygen atoms in total. The van der Waals surface area contributed by atoms with Crippen molar-refractivity contribution in [2.24, 2.45) is 5.73 Å². The zero-order chi connectivity index (χ0) is 12.1. The van der Waals surface area contributed by atoms with Crippen LogP contribution >= 0.6 is 11.6 Å². The lowest BCUT2D eigenvalue weighted by Gasteiger charge is -2.04. The molecule has 1 heterocycles. The molecule has 0 bridgehead atoms. The van der Waals surface area contributed by atoms with Crippen LogP contribution in [0.3, 0.4) is 0 Å². The molecule has 0 aliphatic carbocycles. The summed E-state index contributed by atoms with van der Waals surface area (Å²) in [5.41, 5.74) is 4.87. The van der Waals surface area contributed by atoms with E-state index in [9.17, 15) is 14.9 Å². The van der Waals surface area contributed by atoms with Crippen LogP contribution in [0.5, 0.6) is 0 Å². The molecule has 0 saturated heterocycles. The predicted molar refractivity (Wildman–Crippen MR) is 57.3 cm³/mol. The number of halogens is 1. The zero-order valence-electron chi connectivity index (χ0n) is 8.14. The minimum atomic E-state index is -0.650. The molecule has 0 unspecified atom stereocenters. The van der Waals surface area contributed by atoms with Gasteiger partial charge in [0, 0.05) is 19.2 Å². The van der Waals surface area contributed by atoms with E-state index in [1.165, 1.54) is 0 Å². The van der Waals surface area contributed by atoms with Crippen LogP contribution in [0.25, 0.3) is 0 Å². The largest absolute Gasteiger partial charge is 0.351 e. The van der Waals surface area contributed by atoms with Crippen LogP contribution in [-0.4, -0.2) is 28.9 Å². The van der Waals surface area contributed by atoms with Crippen molar-refractivity contribution in [3.63, 3.8) is 0 Å². The third-order valence-corrected chi connectivity index (χ3v) is 2.01. The average molecular weight is 245 g/mol. The number of pyridine rings is 1. The van der Waals surface area contributed by atoms with Crippen LogP contribution in [0.15, 0.2) is 12.3 Å². The van der Waals surface area contributed by atoms with Gasteiger partial charge in [-0.15, -0.1) is 0 Å². The maximum atomic E-state index is 11.5. The number of nitro groups is 1. The van der Waals surface area contributed by atoms with Gasteiger partial charge in [-0.25, -0.2) is 4.98 Å². The highest BCUT2D eigenvalue weighted by molar-refractivity contribution is 6.32. The Morgan fingerprint density at radius 1 is 1.69 bits per heavy atom. The number of hydrogen-bond donors (Lipinski definition) is 2. The number of carbonyl (C=O) groups excluding carboxylic acids is 1. The minimum Gasteiger partial charge on any atom is -0.351 e. The van der Waals surface area contributed by atoms with E-state index in [-0.39, 0.29) is 29.5 Å². The lowest BCUT2D eigenvalue weighted by Crippen LogP contribution is -2.29. The number of nitrogens with zero attached hydrogens (tertiary/aromatic N) is 2. The molecule has 1 rings (SSSR count). The van der Waals surface area contributed by atoms with Crippen LogP contribution < -0.4 is 11.1 Å². The third-order valence-electron chi connectivity index (χ3n) is 1.71. The summed E-state index contributed by atoms with van der Waals surface area (Å²) in [5.74, 6) is -0.536. The molecular formula is C8H9ClN4O3. The number of nitrogens with one attached hydrogen (secondary N) is 1. The molecule has 86 valence electrons. The molecular weight excluding hydrogens is 236 g/mol. The summed E-state index contributed by atoms with van der Waals surface area (Å²) < 4.78 is 0. The van der Waals surface area contributed by atoms with Crippen molar-refractivity contribution in [3.05, 3.63) is 33.1 Å². The molecule has 0 saturated carbocycles. The van der Waals surface area contributed by atoms with Crippen molar-refractivity contribution >= 4 is 23.2 Å². The van der Waals surface area contributed by atoms with Crippen molar-refractivity contribution in [2.75, 3.05) is 13.1 Å². The summed E-state index contributed by atoms with van der Waals surface area (Å²) in [4.78, 5) is 24.9. The molecule has 8 heteroatoms. The summed E-state index contributed by atoms with van der Waals surface area (Å²) in [7, 11) is 0. The van der Waals surface area contributed by atoms with Crippen molar-refractivity contribution in [1.29, 1.82) is 0 Å². The van der Waals surface area contributed by atoms with E-state index in [2.05, 4.69) is 10.3 Å². The lowest BCUT2D eigenvalue weighted by molar-refractivity contribution is -0.385. The molecule has 1 aromatic heterocycles. The fourth-order valence-electron chi connectivity index (χ4n) is 0.977. The summed E-state index contributed by atoms with van der Waals surface area (Å²) in [6.45, 7) is 0.531. The van der Waals surface area contributed by atoms with Crippen molar-refractivity contribution in [2.45, 2.75) is 0 Å². The number of amides is 1. The van der Waals surface area contributed by atoms with E-state index >= 15 is 0 Å². The number of aromatic nitrogens is 1. The van der Waals surface area contributed by atoms with Gasteiger partial charge in [-0.3, -0.25) is 14.9 Å². The molecule has 0 aliphatic rings. The monoisotopic (exact) mass is 244 g/mol. The third kappa shape index (κ3) is 2.88. The highest BCUT2D eigenvalue weighted by Crippen LogP contribution is 2.18. The molecule has 0 spiro atoms. The Morgan fingerprint density at radius 3 is 2.94 bits per heavy atom. The van der Waals surface area contributed by atoms with Crippen molar-refractivity contribution in [1.82, 2.24) is 10.3 Å². The minimum absolute atomic E-state index is 0.0377. The Morgan fingerprint density at radius 2 is 2.38 bits per heavy atom. The lowest BCUT2D eigenvalue weighted by atomic mass is 10.2. The fourth-order valence-corrected chi connectivity index (χ4v) is 1.17. The molecule has 0 radical (unpaired) electrons. The van der Waals surface area contributed by atoms with Gasteiger partial charge in [-0.2, -0.15) is 0 Å². The van der Waals surface area contributed by atoms with E-state index in [4.69, 9.17) is 17.3 Å². The van der Waals surface area contributed by atoms with Gasteiger partial charge < -0.3 is 11.1 Å². The Balaban J connectivity index is 2.97. The normalized spacial score (nSPS) is 9.88. The van der Waals surface area contributed by atoms with Gasteiger partial charge in [0.25, 0.3) is 11.6 Å². The standard InChI is InChI=1S/C8H9ClN4O3/c9-7-6(8(14)11-2-1-10)3-5(4-12-7)13(15)16/h3-4H,1-2,10H2,(H,11,14). The van der Waals surface area contributed by atoms with E-state index in [0.717, 1.165) is 12.3 Å². The van der Waals surface area contributed by atoms with Gasteiger partial charge in [0.2, 0.25) is 0 Å².